The van der Waals surface area contributed by atoms with Crippen molar-refractivity contribution in [3.05, 3.63) is 59.7 Å². The molecular weight excluding hydrogens is 268 g/mol. The number of ether oxygens (including phenoxy) is 2. The summed E-state index contributed by atoms with van der Waals surface area (Å²) in [6, 6.07) is 15.1. The lowest BCUT2D eigenvalue weighted by Gasteiger charge is -2.14. The van der Waals surface area contributed by atoms with Crippen LogP contribution in [-0.4, -0.2) is 18.2 Å². The van der Waals surface area contributed by atoms with E-state index < -0.39 is 11.9 Å². The number of carbonyl (C=O) groups is 1. The summed E-state index contributed by atoms with van der Waals surface area (Å²) in [5.74, 6) is -0.332. The van der Waals surface area contributed by atoms with E-state index in [0.29, 0.717) is 23.7 Å². The quantitative estimate of drug-likeness (QED) is 0.883. The van der Waals surface area contributed by atoms with E-state index in [-0.39, 0.29) is 0 Å². The molecule has 110 valence electrons. The first-order chi connectivity index (χ1) is 10.1. The number of hydrogen-bond donors (Lipinski definition) is 1. The molecule has 2 rings (SSSR count). The molecule has 0 aliphatic carbocycles. The lowest BCUT2D eigenvalue weighted by molar-refractivity contribution is -0.138. The van der Waals surface area contributed by atoms with Crippen molar-refractivity contribution in [3.63, 3.8) is 0 Å². The number of carboxylic acids is 1. The van der Waals surface area contributed by atoms with E-state index in [0.717, 1.165) is 5.56 Å². The van der Waals surface area contributed by atoms with Crippen molar-refractivity contribution in [1.82, 2.24) is 0 Å². The number of aliphatic carboxylic acids is 1. The number of hydrogen-bond acceptors (Lipinski definition) is 3. The van der Waals surface area contributed by atoms with Gasteiger partial charge in [0.05, 0.1) is 13.0 Å². The zero-order chi connectivity index (χ0) is 15.2. The number of rotatable bonds is 6. The normalized spacial score (nSPS) is 11.7. The predicted octanol–water partition coefficient (Wildman–Crippen LogP) is 3.46. The van der Waals surface area contributed by atoms with Crippen molar-refractivity contribution in [2.24, 2.45) is 0 Å². The van der Waals surface area contributed by atoms with Crippen molar-refractivity contribution in [3.8, 4) is 11.5 Å². The Morgan fingerprint density at radius 1 is 1.19 bits per heavy atom. The Kier molecular flexibility index (Phi) is 4.82. The van der Waals surface area contributed by atoms with Crippen LogP contribution in [0.25, 0.3) is 0 Å². The van der Waals surface area contributed by atoms with Gasteiger partial charge in [0, 0.05) is 11.6 Å². The SMILES string of the molecule is COc1cc(OCc2ccccc2)ccc1C(C)C(=O)O. The molecule has 0 radical (unpaired) electrons. The minimum atomic E-state index is -0.883. The number of benzene rings is 2. The average molecular weight is 286 g/mol. The van der Waals surface area contributed by atoms with E-state index in [4.69, 9.17) is 14.6 Å². The topological polar surface area (TPSA) is 55.8 Å². The van der Waals surface area contributed by atoms with Crippen LogP contribution in [-0.2, 0) is 11.4 Å². The van der Waals surface area contributed by atoms with Crippen LogP contribution in [0.4, 0.5) is 0 Å². The van der Waals surface area contributed by atoms with Gasteiger partial charge in [-0.25, -0.2) is 0 Å². The van der Waals surface area contributed by atoms with Gasteiger partial charge in [-0.2, -0.15) is 0 Å². The fourth-order valence-electron chi connectivity index (χ4n) is 2.01. The van der Waals surface area contributed by atoms with E-state index in [1.165, 1.54) is 7.11 Å². The molecule has 1 N–H and O–H groups in total. The van der Waals surface area contributed by atoms with Crippen molar-refractivity contribution in [2.75, 3.05) is 7.11 Å². The molecule has 0 spiro atoms. The first-order valence-corrected chi connectivity index (χ1v) is 6.69. The number of carboxylic acid groups (broad SMARTS) is 1. The highest BCUT2D eigenvalue weighted by atomic mass is 16.5. The van der Waals surface area contributed by atoms with Crippen LogP contribution in [0.3, 0.4) is 0 Å². The summed E-state index contributed by atoms with van der Waals surface area (Å²) in [5.41, 5.74) is 1.71. The minimum Gasteiger partial charge on any atom is -0.496 e. The third kappa shape index (κ3) is 3.75. The summed E-state index contributed by atoms with van der Waals surface area (Å²) in [4.78, 5) is 11.1. The Bertz CT molecular complexity index is 607. The second-order valence-corrected chi connectivity index (χ2v) is 4.74. The van der Waals surface area contributed by atoms with E-state index in [1.54, 1.807) is 25.1 Å². The van der Waals surface area contributed by atoms with Gasteiger partial charge in [-0.05, 0) is 18.6 Å². The third-order valence-corrected chi connectivity index (χ3v) is 3.29. The molecule has 2 aromatic rings. The monoisotopic (exact) mass is 286 g/mol. The Hall–Kier alpha value is -2.49. The van der Waals surface area contributed by atoms with Crippen LogP contribution in [0, 0.1) is 0 Å². The average Bonchev–Trinajstić information content (AvgIpc) is 2.52. The second-order valence-electron chi connectivity index (χ2n) is 4.74. The maximum Gasteiger partial charge on any atom is 0.310 e. The van der Waals surface area contributed by atoms with Crippen molar-refractivity contribution >= 4 is 5.97 Å². The Labute approximate surface area is 123 Å². The Morgan fingerprint density at radius 2 is 1.90 bits per heavy atom. The predicted molar refractivity (Wildman–Crippen MR) is 79.8 cm³/mol. The molecular formula is C17H18O4. The lowest BCUT2D eigenvalue weighted by Crippen LogP contribution is -2.09. The first-order valence-electron chi connectivity index (χ1n) is 6.69. The summed E-state index contributed by atoms with van der Waals surface area (Å²) in [7, 11) is 1.52. The van der Waals surface area contributed by atoms with Crippen LogP contribution in [0.1, 0.15) is 24.0 Å². The van der Waals surface area contributed by atoms with Crippen LogP contribution in [0.5, 0.6) is 11.5 Å². The number of methoxy groups -OCH3 is 1. The molecule has 21 heavy (non-hydrogen) atoms. The van der Waals surface area contributed by atoms with Crippen LogP contribution >= 0.6 is 0 Å². The van der Waals surface area contributed by atoms with E-state index in [2.05, 4.69) is 0 Å². The maximum atomic E-state index is 11.1. The summed E-state index contributed by atoms with van der Waals surface area (Å²) >= 11 is 0. The summed E-state index contributed by atoms with van der Waals surface area (Å²) in [6.07, 6.45) is 0. The van der Waals surface area contributed by atoms with Gasteiger partial charge in [0.15, 0.2) is 0 Å². The van der Waals surface area contributed by atoms with Crippen molar-refractivity contribution < 1.29 is 19.4 Å². The van der Waals surface area contributed by atoms with Gasteiger partial charge in [-0.3, -0.25) is 4.79 Å². The smallest absolute Gasteiger partial charge is 0.310 e. The molecule has 4 heteroatoms. The molecule has 1 atom stereocenters. The zero-order valence-corrected chi connectivity index (χ0v) is 12.1. The van der Waals surface area contributed by atoms with Gasteiger partial charge in [0.2, 0.25) is 0 Å². The van der Waals surface area contributed by atoms with Gasteiger partial charge in [-0.15, -0.1) is 0 Å². The minimum absolute atomic E-state index is 0.456. The van der Waals surface area contributed by atoms with E-state index in [1.807, 2.05) is 30.3 Å². The highest BCUT2D eigenvalue weighted by Crippen LogP contribution is 2.31. The van der Waals surface area contributed by atoms with Gasteiger partial charge in [-0.1, -0.05) is 36.4 Å². The molecule has 2 aromatic carbocycles. The molecule has 0 saturated heterocycles. The molecule has 0 saturated carbocycles. The largest absolute Gasteiger partial charge is 0.496 e. The summed E-state index contributed by atoms with van der Waals surface area (Å²) in [5, 5.41) is 9.09. The molecule has 0 aromatic heterocycles. The highest BCUT2D eigenvalue weighted by molar-refractivity contribution is 5.76. The fourth-order valence-corrected chi connectivity index (χ4v) is 2.01. The van der Waals surface area contributed by atoms with Gasteiger partial charge < -0.3 is 14.6 Å². The summed E-state index contributed by atoms with van der Waals surface area (Å²) in [6.45, 7) is 2.09. The summed E-state index contributed by atoms with van der Waals surface area (Å²) < 4.78 is 11.0. The third-order valence-electron chi connectivity index (χ3n) is 3.29. The maximum absolute atomic E-state index is 11.1. The molecule has 1 unspecified atom stereocenters. The van der Waals surface area contributed by atoms with Crippen LogP contribution in [0.15, 0.2) is 48.5 Å². The van der Waals surface area contributed by atoms with Crippen LogP contribution < -0.4 is 9.47 Å². The van der Waals surface area contributed by atoms with Gasteiger partial charge in [0.1, 0.15) is 18.1 Å². The molecule has 0 aliphatic rings. The molecule has 0 heterocycles. The molecule has 0 amide bonds. The highest BCUT2D eigenvalue weighted by Gasteiger charge is 2.18. The van der Waals surface area contributed by atoms with Crippen molar-refractivity contribution in [1.29, 1.82) is 0 Å². The lowest BCUT2D eigenvalue weighted by atomic mass is 10.0. The first kappa shape index (κ1) is 14.9. The molecule has 4 nitrogen and oxygen atoms in total. The molecule has 0 fully saturated rings. The standard InChI is InChI=1S/C17H18O4/c1-12(17(18)19)15-9-8-14(10-16(15)20-2)21-11-13-6-4-3-5-7-13/h3-10,12H,11H2,1-2H3,(H,18,19). The second kappa shape index (κ2) is 6.79. The van der Waals surface area contributed by atoms with Gasteiger partial charge in [0.25, 0.3) is 0 Å². The fraction of sp³-hybridized carbons (Fsp3) is 0.235. The van der Waals surface area contributed by atoms with Crippen LogP contribution in [0.2, 0.25) is 0 Å². The zero-order valence-electron chi connectivity index (χ0n) is 12.1. The molecule has 0 aliphatic heterocycles. The van der Waals surface area contributed by atoms with E-state index in [9.17, 15) is 4.79 Å². The molecule has 0 bridgehead atoms. The van der Waals surface area contributed by atoms with E-state index >= 15 is 0 Å². The Balaban J connectivity index is 2.13. The van der Waals surface area contributed by atoms with Gasteiger partial charge >= 0.3 is 5.97 Å². The van der Waals surface area contributed by atoms with Crippen molar-refractivity contribution in [2.45, 2.75) is 19.4 Å². The Morgan fingerprint density at radius 3 is 2.52 bits per heavy atom.